The van der Waals surface area contributed by atoms with Crippen LogP contribution in [0.2, 0.25) is 5.02 Å². The van der Waals surface area contributed by atoms with Crippen LogP contribution in [-0.4, -0.2) is 32.0 Å². The SMILES string of the molecule is O=C(O)Cn1cc(CNC(=O)c2cccc(Cl)c2F)nn1. The minimum atomic E-state index is -1.06. The number of nitrogens with zero attached hydrogens (tertiary/aromatic N) is 3. The van der Waals surface area contributed by atoms with E-state index < -0.39 is 17.7 Å². The second-order valence-corrected chi connectivity index (χ2v) is 4.49. The van der Waals surface area contributed by atoms with Crippen LogP contribution in [0.15, 0.2) is 24.4 Å². The molecule has 0 aliphatic rings. The molecule has 110 valence electrons. The van der Waals surface area contributed by atoms with E-state index in [0.717, 1.165) is 4.68 Å². The first-order chi connectivity index (χ1) is 9.97. The second-order valence-electron chi connectivity index (χ2n) is 4.09. The van der Waals surface area contributed by atoms with Crippen molar-refractivity contribution in [2.45, 2.75) is 13.1 Å². The molecule has 2 N–H and O–H groups in total. The van der Waals surface area contributed by atoms with Crippen LogP contribution in [-0.2, 0) is 17.9 Å². The van der Waals surface area contributed by atoms with Gasteiger partial charge in [0.1, 0.15) is 12.2 Å². The third kappa shape index (κ3) is 3.76. The summed E-state index contributed by atoms with van der Waals surface area (Å²) in [6.07, 6.45) is 1.38. The number of aromatic nitrogens is 3. The van der Waals surface area contributed by atoms with E-state index in [1.54, 1.807) is 0 Å². The molecule has 1 aromatic carbocycles. The Morgan fingerprint density at radius 1 is 1.43 bits per heavy atom. The van der Waals surface area contributed by atoms with Gasteiger partial charge in [0.25, 0.3) is 5.91 Å². The zero-order chi connectivity index (χ0) is 15.4. The van der Waals surface area contributed by atoms with Gasteiger partial charge in [-0.15, -0.1) is 5.10 Å². The van der Waals surface area contributed by atoms with Gasteiger partial charge in [-0.3, -0.25) is 9.59 Å². The molecular formula is C12H10ClFN4O3. The molecule has 0 saturated heterocycles. The van der Waals surface area contributed by atoms with Crippen molar-refractivity contribution in [3.63, 3.8) is 0 Å². The molecule has 0 saturated carbocycles. The highest BCUT2D eigenvalue weighted by Crippen LogP contribution is 2.17. The number of carbonyl (C=O) groups is 2. The van der Waals surface area contributed by atoms with E-state index in [9.17, 15) is 14.0 Å². The number of halogens is 2. The Hall–Kier alpha value is -2.48. The maximum Gasteiger partial charge on any atom is 0.325 e. The standard InChI is InChI=1S/C12H10ClFN4O3/c13-9-3-1-2-8(11(9)14)12(21)15-4-7-5-18(17-16-7)6-10(19)20/h1-3,5H,4,6H2,(H,15,21)(H,19,20). The number of rotatable bonds is 5. The van der Waals surface area contributed by atoms with E-state index in [0.29, 0.717) is 5.69 Å². The third-order valence-electron chi connectivity index (χ3n) is 2.51. The van der Waals surface area contributed by atoms with Gasteiger partial charge in [0.15, 0.2) is 5.82 Å². The van der Waals surface area contributed by atoms with E-state index in [1.807, 2.05) is 0 Å². The largest absolute Gasteiger partial charge is 0.480 e. The monoisotopic (exact) mass is 312 g/mol. The van der Waals surface area contributed by atoms with E-state index >= 15 is 0 Å². The molecule has 1 amide bonds. The van der Waals surface area contributed by atoms with Crippen molar-refractivity contribution in [2.75, 3.05) is 0 Å². The van der Waals surface area contributed by atoms with Crippen LogP contribution in [0.25, 0.3) is 0 Å². The van der Waals surface area contributed by atoms with Gasteiger partial charge in [-0.2, -0.15) is 0 Å². The number of aliphatic carboxylic acids is 1. The number of amides is 1. The molecule has 1 heterocycles. The van der Waals surface area contributed by atoms with Gasteiger partial charge in [-0.25, -0.2) is 9.07 Å². The molecule has 0 atom stereocenters. The molecule has 1 aromatic heterocycles. The van der Waals surface area contributed by atoms with Crippen LogP contribution in [0.5, 0.6) is 0 Å². The predicted molar refractivity (Wildman–Crippen MR) is 70.2 cm³/mol. The number of carboxylic acids is 1. The van der Waals surface area contributed by atoms with Gasteiger partial charge in [0.05, 0.1) is 23.3 Å². The lowest BCUT2D eigenvalue weighted by Crippen LogP contribution is -2.24. The van der Waals surface area contributed by atoms with Crippen molar-refractivity contribution in [1.82, 2.24) is 20.3 Å². The van der Waals surface area contributed by atoms with E-state index in [2.05, 4.69) is 15.6 Å². The third-order valence-corrected chi connectivity index (χ3v) is 2.80. The predicted octanol–water partition coefficient (Wildman–Crippen LogP) is 1.09. The molecule has 9 heteroatoms. The number of carbonyl (C=O) groups excluding carboxylic acids is 1. The summed E-state index contributed by atoms with van der Waals surface area (Å²) in [6, 6.07) is 4.10. The van der Waals surface area contributed by atoms with Gasteiger partial charge in [0, 0.05) is 0 Å². The Bertz CT molecular complexity index is 689. The second kappa shape index (κ2) is 6.31. The van der Waals surface area contributed by atoms with Crippen LogP contribution < -0.4 is 5.32 Å². The van der Waals surface area contributed by atoms with Gasteiger partial charge < -0.3 is 10.4 Å². The Morgan fingerprint density at radius 2 is 2.19 bits per heavy atom. The Morgan fingerprint density at radius 3 is 2.90 bits per heavy atom. The molecule has 0 spiro atoms. The summed E-state index contributed by atoms with van der Waals surface area (Å²) >= 11 is 5.59. The van der Waals surface area contributed by atoms with Crippen LogP contribution in [0, 0.1) is 5.82 Å². The maximum absolute atomic E-state index is 13.6. The van der Waals surface area contributed by atoms with Crippen LogP contribution in [0.1, 0.15) is 16.1 Å². The zero-order valence-corrected chi connectivity index (χ0v) is 11.3. The van der Waals surface area contributed by atoms with Crippen molar-refractivity contribution in [2.24, 2.45) is 0 Å². The molecule has 21 heavy (non-hydrogen) atoms. The van der Waals surface area contributed by atoms with Gasteiger partial charge in [0.2, 0.25) is 0 Å². The Balaban J connectivity index is 1.99. The Labute approximate surface area is 123 Å². The van der Waals surface area contributed by atoms with E-state index in [4.69, 9.17) is 16.7 Å². The minimum absolute atomic E-state index is 0.00952. The summed E-state index contributed by atoms with van der Waals surface area (Å²) in [5, 5.41) is 18.2. The summed E-state index contributed by atoms with van der Waals surface area (Å²) in [6.45, 7) is -0.339. The zero-order valence-electron chi connectivity index (χ0n) is 10.6. The quantitative estimate of drug-likeness (QED) is 0.861. The first kappa shape index (κ1) is 14.9. The Kier molecular flexibility index (Phi) is 4.49. The van der Waals surface area contributed by atoms with Crippen LogP contribution >= 0.6 is 11.6 Å². The molecule has 0 fully saturated rings. The average Bonchev–Trinajstić information content (AvgIpc) is 2.86. The fraction of sp³-hybridized carbons (Fsp3) is 0.167. The van der Waals surface area contributed by atoms with E-state index in [1.165, 1.54) is 24.4 Å². The summed E-state index contributed by atoms with van der Waals surface area (Å²) in [5.74, 6) is -2.51. The summed E-state index contributed by atoms with van der Waals surface area (Å²) < 4.78 is 14.8. The molecule has 0 bridgehead atoms. The molecule has 2 aromatic rings. The topological polar surface area (TPSA) is 97.1 Å². The summed E-state index contributed by atoms with van der Waals surface area (Å²) in [7, 11) is 0. The molecule has 0 aliphatic heterocycles. The lowest BCUT2D eigenvalue weighted by molar-refractivity contribution is -0.137. The van der Waals surface area contributed by atoms with E-state index in [-0.39, 0.29) is 23.7 Å². The van der Waals surface area contributed by atoms with Crippen molar-refractivity contribution in [3.05, 3.63) is 46.5 Å². The molecule has 0 aliphatic carbocycles. The van der Waals surface area contributed by atoms with Crippen molar-refractivity contribution in [1.29, 1.82) is 0 Å². The first-order valence-electron chi connectivity index (χ1n) is 5.80. The number of benzene rings is 1. The molecule has 0 radical (unpaired) electrons. The first-order valence-corrected chi connectivity index (χ1v) is 6.18. The molecular weight excluding hydrogens is 303 g/mol. The van der Waals surface area contributed by atoms with Crippen molar-refractivity contribution in [3.8, 4) is 0 Å². The highest BCUT2D eigenvalue weighted by atomic mass is 35.5. The number of hydrogen-bond acceptors (Lipinski definition) is 4. The number of nitrogens with one attached hydrogen (secondary N) is 1. The lowest BCUT2D eigenvalue weighted by atomic mass is 10.2. The highest BCUT2D eigenvalue weighted by Gasteiger charge is 2.14. The van der Waals surface area contributed by atoms with Gasteiger partial charge >= 0.3 is 5.97 Å². The normalized spacial score (nSPS) is 10.4. The lowest BCUT2D eigenvalue weighted by Gasteiger charge is -2.05. The number of hydrogen-bond donors (Lipinski definition) is 2. The van der Waals surface area contributed by atoms with Crippen molar-refractivity contribution >= 4 is 23.5 Å². The minimum Gasteiger partial charge on any atom is -0.480 e. The van der Waals surface area contributed by atoms with Crippen molar-refractivity contribution < 1.29 is 19.1 Å². The summed E-state index contributed by atoms with van der Waals surface area (Å²) in [4.78, 5) is 22.3. The van der Waals surface area contributed by atoms with Crippen LogP contribution in [0.3, 0.4) is 0 Å². The van der Waals surface area contributed by atoms with Gasteiger partial charge in [-0.1, -0.05) is 22.9 Å². The average molecular weight is 313 g/mol. The fourth-order valence-electron chi connectivity index (χ4n) is 1.58. The van der Waals surface area contributed by atoms with Gasteiger partial charge in [-0.05, 0) is 12.1 Å². The highest BCUT2D eigenvalue weighted by molar-refractivity contribution is 6.31. The molecule has 0 unspecified atom stereocenters. The molecule has 7 nitrogen and oxygen atoms in total. The molecule has 2 rings (SSSR count). The summed E-state index contributed by atoms with van der Waals surface area (Å²) in [5.41, 5.74) is 0.174. The fourth-order valence-corrected chi connectivity index (χ4v) is 1.76. The smallest absolute Gasteiger partial charge is 0.325 e. The maximum atomic E-state index is 13.6. The van der Waals surface area contributed by atoms with Crippen LogP contribution in [0.4, 0.5) is 4.39 Å². The number of carboxylic acid groups (broad SMARTS) is 1.